The second kappa shape index (κ2) is 9.24. The third kappa shape index (κ3) is 4.34. The van der Waals surface area contributed by atoms with Gasteiger partial charge >= 0.3 is 0 Å². The zero-order valence-corrected chi connectivity index (χ0v) is 19.2. The highest BCUT2D eigenvalue weighted by Crippen LogP contribution is 2.33. The molecule has 152 valence electrons. The minimum Gasteiger partial charge on any atom is -0.349 e. The van der Waals surface area contributed by atoms with Crippen molar-refractivity contribution < 1.29 is 0 Å². The minimum atomic E-state index is 0. The number of likely N-dealkylation sites (tertiary alicyclic amines) is 1. The smallest absolute Gasteiger partial charge is 0.194 e. The van der Waals surface area contributed by atoms with Gasteiger partial charge in [0.2, 0.25) is 0 Å². The lowest BCUT2D eigenvalue weighted by molar-refractivity contribution is 0.437. The van der Waals surface area contributed by atoms with Gasteiger partial charge in [0.15, 0.2) is 11.8 Å². The molecule has 0 bridgehead atoms. The highest BCUT2D eigenvalue weighted by Gasteiger charge is 2.36. The number of hydrogen-bond acceptors (Lipinski definition) is 3. The Balaban J connectivity index is 0.00000225. The Labute approximate surface area is 184 Å². The second-order valence-corrected chi connectivity index (χ2v) is 7.99. The van der Waals surface area contributed by atoms with Crippen LogP contribution >= 0.6 is 24.0 Å². The number of rotatable bonds is 3. The lowest BCUT2D eigenvalue weighted by atomic mass is 9.82. The van der Waals surface area contributed by atoms with Crippen molar-refractivity contribution in [2.45, 2.75) is 57.5 Å². The first-order valence-electron chi connectivity index (χ1n) is 10.1. The summed E-state index contributed by atoms with van der Waals surface area (Å²) in [6, 6.07) is 10.8. The summed E-state index contributed by atoms with van der Waals surface area (Å²) in [5.41, 5.74) is 1.58. The SMILES string of the molecule is CN=C(NCc1nnc2n1CCCCC2)N1CCC(C)(c2ccccc2)C1.I. The van der Waals surface area contributed by atoms with Crippen LogP contribution in [0.4, 0.5) is 0 Å². The maximum absolute atomic E-state index is 4.53. The lowest BCUT2D eigenvalue weighted by Crippen LogP contribution is -2.41. The number of benzene rings is 1. The summed E-state index contributed by atoms with van der Waals surface area (Å²) in [7, 11) is 1.87. The van der Waals surface area contributed by atoms with E-state index in [0.717, 1.165) is 50.1 Å². The normalized spacial score (nSPS) is 22.4. The molecule has 2 aromatic rings. The van der Waals surface area contributed by atoms with Gasteiger partial charge in [0.25, 0.3) is 0 Å². The van der Waals surface area contributed by atoms with E-state index in [9.17, 15) is 0 Å². The summed E-state index contributed by atoms with van der Waals surface area (Å²) >= 11 is 0. The fourth-order valence-corrected chi connectivity index (χ4v) is 4.38. The third-order valence-corrected chi connectivity index (χ3v) is 6.05. The van der Waals surface area contributed by atoms with Gasteiger partial charge in [-0.25, -0.2) is 0 Å². The Morgan fingerprint density at radius 3 is 2.75 bits per heavy atom. The van der Waals surface area contributed by atoms with Gasteiger partial charge in [-0.05, 0) is 24.8 Å². The van der Waals surface area contributed by atoms with Gasteiger partial charge in [-0.15, -0.1) is 34.2 Å². The molecular weight excluding hydrogens is 463 g/mol. The molecule has 6 nitrogen and oxygen atoms in total. The van der Waals surface area contributed by atoms with Crippen molar-refractivity contribution >= 4 is 29.9 Å². The molecule has 0 aliphatic carbocycles. The van der Waals surface area contributed by atoms with Gasteiger partial charge in [-0.2, -0.15) is 0 Å². The molecule has 1 saturated heterocycles. The van der Waals surface area contributed by atoms with E-state index in [4.69, 9.17) is 0 Å². The fraction of sp³-hybridized carbons (Fsp3) is 0.571. The molecule has 1 aromatic carbocycles. The van der Waals surface area contributed by atoms with Crippen molar-refractivity contribution in [1.82, 2.24) is 25.0 Å². The number of aryl methyl sites for hydroxylation is 1. The van der Waals surface area contributed by atoms with E-state index in [1.165, 1.54) is 24.8 Å². The largest absolute Gasteiger partial charge is 0.349 e. The highest BCUT2D eigenvalue weighted by atomic mass is 127. The summed E-state index contributed by atoms with van der Waals surface area (Å²) in [5.74, 6) is 3.12. The topological polar surface area (TPSA) is 58.3 Å². The molecule has 2 aliphatic rings. The molecule has 28 heavy (non-hydrogen) atoms. The van der Waals surface area contributed by atoms with Crippen molar-refractivity contribution in [1.29, 1.82) is 0 Å². The molecular formula is C21H31IN6. The van der Waals surface area contributed by atoms with Crippen LogP contribution in [0.15, 0.2) is 35.3 Å². The summed E-state index contributed by atoms with van der Waals surface area (Å²) < 4.78 is 2.30. The zero-order chi connectivity index (χ0) is 18.7. The van der Waals surface area contributed by atoms with Crippen molar-refractivity contribution in [3.63, 3.8) is 0 Å². The molecule has 1 N–H and O–H groups in total. The van der Waals surface area contributed by atoms with Crippen LogP contribution in [0.2, 0.25) is 0 Å². The predicted octanol–water partition coefficient (Wildman–Crippen LogP) is 3.36. The number of aliphatic imine (C=N–C) groups is 1. The molecule has 0 saturated carbocycles. The quantitative estimate of drug-likeness (QED) is 0.404. The molecule has 0 amide bonds. The Bertz CT molecular complexity index is 802. The average molecular weight is 494 g/mol. The number of fused-ring (bicyclic) bond motifs is 1. The van der Waals surface area contributed by atoms with Crippen LogP contribution in [0.3, 0.4) is 0 Å². The van der Waals surface area contributed by atoms with E-state index in [1.54, 1.807) is 0 Å². The fourth-order valence-electron chi connectivity index (χ4n) is 4.38. The van der Waals surface area contributed by atoms with Crippen LogP contribution < -0.4 is 5.32 Å². The van der Waals surface area contributed by atoms with Crippen molar-refractivity contribution in [2.75, 3.05) is 20.1 Å². The monoisotopic (exact) mass is 494 g/mol. The second-order valence-electron chi connectivity index (χ2n) is 7.99. The number of nitrogens with one attached hydrogen (secondary N) is 1. The maximum atomic E-state index is 4.53. The number of guanidine groups is 1. The van der Waals surface area contributed by atoms with Crippen LogP contribution in [0.1, 0.15) is 49.8 Å². The van der Waals surface area contributed by atoms with E-state index in [2.05, 4.69) is 67.2 Å². The Hall–Kier alpha value is -1.64. The molecule has 7 heteroatoms. The molecule has 1 fully saturated rings. The molecule has 1 atom stereocenters. The van der Waals surface area contributed by atoms with Crippen LogP contribution in [0, 0.1) is 0 Å². The number of halogens is 1. The van der Waals surface area contributed by atoms with Gasteiger partial charge in [-0.1, -0.05) is 43.7 Å². The van der Waals surface area contributed by atoms with Crippen LogP contribution in [-0.2, 0) is 24.9 Å². The first-order chi connectivity index (χ1) is 13.2. The first kappa shape index (κ1) is 21.1. The molecule has 2 aliphatic heterocycles. The van der Waals surface area contributed by atoms with Crippen LogP contribution in [0.25, 0.3) is 0 Å². The highest BCUT2D eigenvalue weighted by molar-refractivity contribution is 14.0. The average Bonchev–Trinajstić information content (AvgIpc) is 3.20. The zero-order valence-electron chi connectivity index (χ0n) is 16.9. The number of aromatic nitrogens is 3. The van der Waals surface area contributed by atoms with Crippen LogP contribution in [0.5, 0.6) is 0 Å². The van der Waals surface area contributed by atoms with Crippen molar-refractivity contribution in [3.05, 3.63) is 47.5 Å². The standard InChI is InChI=1S/C21H30N6.HI/c1-21(17-9-5-3-6-10-17)12-14-26(16-21)20(22-2)23-15-19-25-24-18-11-7-4-8-13-27(18)19;/h3,5-6,9-10H,4,7-8,11-16H2,1-2H3,(H,22,23);1H. The predicted molar refractivity (Wildman–Crippen MR) is 123 cm³/mol. The van der Waals surface area contributed by atoms with Gasteiger partial charge in [0.1, 0.15) is 5.82 Å². The van der Waals surface area contributed by atoms with Gasteiger partial charge in [0, 0.05) is 38.5 Å². The van der Waals surface area contributed by atoms with E-state index in [-0.39, 0.29) is 29.4 Å². The summed E-state index contributed by atoms with van der Waals surface area (Å²) in [6.45, 7) is 6.07. The summed E-state index contributed by atoms with van der Waals surface area (Å²) in [4.78, 5) is 6.90. The van der Waals surface area contributed by atoms with Gasteiger partial charge in [0.05, 0.1) is 6.54 Å². The Morgan fingerprint density at radius 1 is 1.14 bits per heavy atom. The molecule has 1 aromatic heterocycles. The van der Waals surface area contributed by atoms with E-state index in [0.29, 0.717) is 6.54 Å². The van der Waals surface area contributed by atoms with Crippen molar-refractivity contribution in [3.8, 4) is 0 Å². The lowest BCUT2D eigenvalue weighted by Gasteiger charge is -2.27. The summed E-state index contributed by atoms with van der Waals surface area (Å²) in [6.07, 6.45) is 5.90. The molecule has 0 radical (unpaired) electrons. The number of nitrogens with zero attached hydrogens (tertiary/aromatic N) is 5. The molecule has 3 heterocycles. The number of hydrogen-bond donors (Lipinski definition) is 1. The Morgan fingerprint density at radius 2 is 1.96 bits per heavy atom. The third-order valence-electron chi connectivity index (χ3n) is 6.05. The Kier molecular flexibility index (Phi) is 6.95. The first-order valence-corrected chi connectivity index (χ1v) is 10.1. The maximum Gasteiger partial charge on any atom is 0.194 e. The van der Waals surface area contributed by atoms with Gasteiger partial charge < -0.3 is 14.8 Å². The molecule has 1 unspecified atom stereocenters. The van der Waals surface area contributed by atoms with Crippen molar-refractivity contribution in [2.24, 2.45) is 4.99 Å². The van der Waals surface area contributed by atoms with E-state index >= 15 is 0 Å². The molecule has 0 spiro atoms. The van der Waals surface area contributed by atoms with Crippen LogP contribution in [-0.4, -0.2) is 45.8 Å². The summed E-state index contributed by atoms with van der Waals surface area (Å²) in [5, 5.41) is 12.4. The minimum absolute atomic E-state index is 0. The van der Waals surface area contributed by atoms with E-state index in [1.807, 2.05) is 7.05 Å². The molecule has 4 rings (SSSR count). The van der Waals surface area contributed by atoms with Gasteiger partial charge in [-0.3, -0.25) is 4.99 Å². The van der Waals surface area contributed by atoms with E-state index < -0.39 is 0 Å².